The van der Waals surface area contributed by atoms with Crippen LogP contribution < -0.4 is 15.6 Å². The summed E-state index contributed by atoms with van der Waals surface area (Å²) in [7, 11) is 0. The van der Waals surface area contributed by atoms with Gasteiger partial charge in [0.1, 0.15) is 11.4 Å². The Morgan fingerprint density at radius 2 is 1.71 bits per heavy atom. The van der Waals surface area contributed by atoms with E-state index in [1.54, 1.807) is 24.3 Å². The zero-order valence-corrected chi connectivity index (χ0v) is 12.7. The fraction of sp³-hybridized carbons (Fsp3) is 0.0556. The van der Waals surface area contributed by atoms with Gasteiger partial charge < -0.3 is 4.74 Å². The first-order chi connectivity index (χ1) is 11.7. The summed E-state index contributed by atoms with van der Waals surface area (Å²) in [6.07, 6.45) is 1.50. The number of hydrazine groups is 1. The van der Waals surface area contributed by atoms with Gasteiger partial charge in [0.15, 0.2) is 6.61 Å². The molecule has 2 amide bonds. The number of pyridine rings is 1. The number of nitrogens with one attached hydrogen (secondary N) is 2. The van der Waals surface area contributed by atoms with Crippen LogP contribution in [0.3, 0.4) is 0 Å². The second kappa shape index (κ2) is 7.23. The maximum atomic E-state index is 11.7. The summed E-state index contributed by atoms with van der Waals surface area (Å²) in [5.41, 5.74) is 4.78. The van der Waals surface area contributed by atoms with Gasteiger partial charge in [0, 0.05) is 6.20 Å². The number of rotatable bonds is 4. The largest absolute Gasteiger partial charge is 0.484 e. The smallest absolute Gasteiger partial charge is 0.288 e. The molecule has 0 radical (unpaired) electrons. The van der Waals surface area contributed by atoms with E-state index in [9.17, 15) is 9.59 Å². The van der Waals surface area contributed by atoms with Crippen molar-refractivity contribution >= 4 is 22.6 Å². The summed E-state index contributed by atoms with van der Waals surface area (Å²) in [5.74, 6) is -0.373. The van der Waals surface area contributed by atoms with Crippen molar-refractivity contribution in [2.24, 2.45) is 0 Å². The second-order valence-electron chi connectivity index (χ2n) is 5.01. The van der Waals surface area contributed by atoms with E-state index in [0.717, 1.165) is 10.8 Å². The Hall–Kier alpha value is -3.41. The van der Waals surface area contributed by atoms with Gasteiger partial charge in [-0.05, 0) is 35.0 Å². The molecule has 0 spiro atoms. The topological polar surface area (TPSA) is 80.3 Å². The Bertz CT molecular complexity index is 866. The van der Waals surface area contributed by atoms with Crippen molar-refractivity contribution in [2.75, 3.05) is 6.61 Å². The average Bonchev–Trinajstić information content (AvgIpc) is 2.65. The molecule has 0 unspecified atom stereocenters. The van der Waals surface area contributed by atoms with Gasteiger partial charge in [-0.2, -0.15) is 0 Å². The van der Waals surface area contributed by atoms with Crippen LogP contribution in [-0.4, -0.2) is 23.4 Å². The van der Waals surface area contributed by atoms with Crippen LogP contribution in [0.5, 0.6) is 5.75 Å². The summed E-state index contributed by atoms with van der Waals surface area (Å²) >= 11 is 0. The first kappa shape index (κ1) is 15.5. The molecule has 2 aromatic carbocycles. The van der Waals surface area contributed by atoms with Crippen molar-refractivity contribution in [1.82, 2.24) is 15.8 Å². The Kier molecular flexibility index (Phi) is 4.67. The van der Waals surface area contributed by atoms with Crippen molar-refractivity contribution in [3.05, 3.63) is 72.6 Å². The van der Waals surface area contributed by atoms with Crippen LogP contribution >= 0.6 is 0 Å². The summed E-state index contributed by atoms with van der Waals surface area (Å²) < 4.78 is 5.43. The van der Waals surface area contributed by atoms with Gasteiger partial charge in [0.2, 0.25) is 0 Å². The number of carbonyl (C=O) groups excluding carboxylic acids is 2. The molecule has 0 saturated carbocycles. The maximum absolute atomic E-state index is 11.7. The third-order valence-corrected chi connectivity index (χ3v) is 3.30. The lowest BCUT2D eigenvalue weighted by Gasteiger charge is -2.09. The van der Waals surface area contributed by atoms with Crippen molar-refractivity contribution in [1.29, 1.82) is 0 Å². The van der Waals surface area contributed by atoms with Crippen molar-refractivity contribution in [2.45, 2.75) is 0 Å². The fourth-order valence-corrected chi connectivity index (χ4v) is 2.13. The number of amides is 2. The highest BCUT2D eigenvalue weighted by Gasteiger charge is 2.08. The van der Waals surface area contributed by atoms with Gasteiger partial charge in [-0.25, -0.2) is 0 Å². The minimum atomic E-state index is -0.491. The number of aromatic nitrogens is 1. The molecule has 0 atom stereocenters. The Morgan fingerprint density at radius 1 is 0.917 bits per heavy atom. The highest BCUT2D eigenvalue weighted by atomic mass is 16.5. The normalized spacial score (nSPS) is 10.2. The van der Waals surface area contributed by atoms with Crippen molar-refractivity contribution in [3.63, 3.8) is 0 Å². The molecule has 0 aliphatic rings. The summed E-state index contributed by atoms with van der Waals surface area (Å²) in [6, 6.07) is 18.4. The summed E-state index contributed by atoms with van der Waals surface area (Å²) in [6.45, 7) is -0.208. The number of fused-ring (bicyclic) bond motifs is 1. The molecule has 1 heterocycles. The highest BCUT2D eigenvalue weighted by molar-refractivity contribution is 5.93. The van der Waals surface area contributed by atoms with Gasteiger partial charge in [-0.1, -0.05) is 36.4 Å². The second-order valence-corrected chi connectivity index (χ2v) is 5.01. The van der Waals surface area contributed by atoms with E-state index in [2.05, 4.69) is 15.8 Å². The predicted octanol–water partition coefficient (Wildman–Crippen LogP) is 2.07. The van der Waals surface area contributed by atoms with E-state index in [4.69, 9.17) is 4.74 Å². The molecule has 3 aromatic rings. The number of ether oxygens (including phenoxy) is 1. The Labute approximate surface area is 138 Å². The van der Waals surface area contributed by atoms with Gasteiger partial charge in [0.05, 0.1) is 0 Å². The fourth-order valence-electron chi connectivity index (χ4n) is 2.13. The van der Waals surface area contributed by atoms with E-state index in [0.29, 0.717) is 5.75 Å². The van der Waals surface area contributed by atoms with Gasteiger partial charge in [-0.3, -0.25) is 25.4 Å². The van der Waals surface area contributed by atoms with E-state index in [-0.39, 0.29) is 12.3 Å². The zero-order chi connectivity index (χ0) is 16.8. The molecular formula is C18H15N3O3. The van der Waals surface area contributed by atoms with Crippen LogP contribution in [-0.2, 0) is 4.79 Å². The quantitative estimate of drug-likeness (QED) is 0.721. The molecular weight excluding hydrogens is 306 g/mol. The van der Waals surface area contributed by atoms with Crippen LogP contribution in [0.2, 0.25) is 0 Å². The first-order valence-electron chi connectivity index (χ1n) is 7.34. The monoisotopic (exact) mass is 321 g/mol. The SMILES string of the molecule is O=C(COc1ccc2ccccc2c1)NNC(=O)c1ccccn1. The lowest BCUT2D eigenvalue weighted by molar-refractivity contribution is -0.123. The van der Waals surface area contributed by atoms with Crippen molar-refractivity contribution in [3.8, 4) is 5.75 Å². The molecule has 0 fully saturated rings. The van der Waals surface area contributed by atoms with Crippen LogP contribution in [0.15, 0.2) is 66.9 Å². The van der Waals surface area contributed by atoms with Crippen LogP contribution in [0.4, 0.5) is 0 Å². The van der Waals surface area contributed by atoms with Gasteiger partial charge >= 0.3 is 0 Å². The number of hydrogen-bond acceptors (Lipinski definition) is 4. The third-order valence-electron chi connectivity index (χ3n) is 3.30. The van der Waals surface area contributed by atoms with Crippen LogP contribution in [0, 0.1) is 0 Å². The zero-order valence-electron chi connectivity index (χ0n) is 12.7. The minimum Gasteiger partial charge on any atom is -0.484 e. The molecule has 0 saturated heterocycles. The molecule has 0 aliphatic heterocycles. The Balaban J connectivity index is 1.50. The first-order valence-corrected chi connectivity index (χ1v) is 7.34. The predicted molar refractivity (Wildman–Crippen MR) is 89.3 cm³/mol. The van der Waals surface area contributed by atoms with E-state index >= 15 is 0 Å². The molecule has 0 aliphatic carbocycles. The molecule has 6 nitrogen and oxygen atoms in total. The maximum Gasteiger partial charge on any atom is 0.288 e. The molecule has 1 aromatic heterocycles. The van der Waals surface area contributed by atoms with Crippen LogP contribution in [0.25, 0.3) is 10.8 Å². The Morgan fingerprint density at radius 3 is 2.50 bits per heavy atom. The third kappa shape index (κ3) is 3.86. The van der Waals surface area contributed by atoms with Gasteiger partial charge in [0.25, 0.3) is 11.8 Å². The molecule has 0 bridgehead atoms. The van der Waals surface area contributed by atoms with E-state index in [1.165, 1.54) is 6.20 Å². The number of carbonyl (C=O) groups is 2. The molecule has 24 heavy (non-hydrogen) atoms. The summed E-state index contributed by atoms with van der Waals surface area (Å²) in [4.78, 5) is 27.4. The van der Waals surface area contributed by atoms with E-state index in [1.807, 2.05) is 36.4 Å². The van der Waals surface area contributed by atoms with Crippen molar-refractivity contribution < 1.29 is 14.3 Å². The van der Waals surface area contributed by atoms with E-state index < -0.39 is 11.8 Å². The number of benzene rings is 2. The minimum absolute atomic E-state index is 0.208. The lowest BCUT2D eigenvalue weighted by atomic mass is 10.1. The summed E-state index contributed by atoms with van der Waals surface area (Å²) in [5, 5.41) is 2.12. The highest BCUT2D eigenvalue weighted by Crippen LogP contribution is 2.20. The number of nitrogens with zero attached hydrogens (tertiary/aromatic N) is 1. The van der Waals surface area contributed by atoms with Gasteiger partial charge in [-0.15, -0.1) is 0 Å². The molecule has 6 heteroatoms. The average molecular weight is 321 g/mol. The number of hydrogen-bond donors (Lipinski definition) is 2. The molecule has 120 valence electrons. The standard InChI is InChI=1S/C18H15N3O3/c22-17(20-21-18(23)16-7-3-4-10-19-16)12-24-15-9-8-13-5-1-2-6-14(13)11-15/h1-11H,12H2,(H,20,22)(H,21,23). The van der Waals surface area contributed by atoms with Crippen LogP contribution in [0.1, 0.15) is 10.5 Å². The molecule has 2 N–H and O–H groups in total. The lowest BCUT2D eigenvalue weighted by Crippen LogP contribution is -2.44. The molecule has 3 rings (SSSR count).